The fraction of sp³-hybridized carbons (Fsp3) is 0.0513. The van der Waals surface area contributed by atoms with Crippen LogP contribution in [0.2, 0.25) is 0 Å². The predicted molar refractivity (Wildman–Crippen MR) is 182 cm³/mol. The van der Waals surface area contributed by atoms with Crippen LogP contribution in [0.4, 0.5) is 5.69 Å². The number of anilines is 1. The summed E-state index contributed by atoms with van der Waals surface area (Å²) < 4.78 is 4.70. The van der Waals surface area contributed by atoms with E-state index in [1.165, 1.54) is 43.5 Å². The third kappa shape index (κ3) is 4.11. The minimum absolute atomic E-state index is 0.617. The number of hydrogen-bond donors (Lipinski definition) is 1. The van der Waals surface area contributed by atoms with Gasteiger partial charge in [-0.1, -0.05) is 97.1 Å². The molecule has 0 atom stereocenters. The number of fused-ring (bicyclic) bond motifs is 7. The highest BCUT2D eigenvalue weighted by atomic mass is 15.1. The number of hydrogen-bond acceptors (Lipinski definition) is 2. The van der Waals surface area contributed by atoms with Crippen LogP contribution < -0.4 is 5.32 Å². The summed E-state index contributed by atoms with van der Waals surface area (Å²) in [6, 6.07) is 49.4. The molecule has 8 aromatic rings. The number of para-hydroxylation sites is 2. The summed E-state index contributed by atoms with van der Waals surface area (Å²) in [5, 5.41) is 10.1. The molecule has 0 saturated carbocycles. The van der Waals surface area contributed by atoms with Crippen LogP contribution in [-0.4, -0.2) is 21.9 Å². The molecule has 0 spiro atoms. The second-order valence-electron chi connectivity index (χ2n) is 10.8. The van der Waals surface area contributed by atoms with Gasteiger partial charge >= 0.3 is 0 Å². The van der Waals surface area contributed by atoms with E-state index in [-0.39, 0.29) is 0 Å². The number of nitrogens with one attached hydrogen (secondary N) is 1. The van der Waals surface area contributed by atoms with Crippen molar-refractivity contribution in [3.05, 3.63) is 157 Å². The zero-order valence-corrected chi connectivity index (χ0v) is 23.9. The molecular formula is C39H30N4. The summed E-state index contributed by atoms with van der Waals surface area (Å²) in [5.74, 6) is 0. The Kier molecular flexibility index (Phi) is 6.04. The number of aliphatic imine (C=N–C) groups is 1. The molecule has 0 radical (unpaired) electrons. The van der Waals surface area contributed by atoms with E-state index in [4.69, 9.17) is 4.99 Å². The lowest BCUT2D eigenvalue weighted by atomic mass is 10.0. The molecule has 0 aliphatic carbocycles. The van der Waals surface area contributed by atoms with Gasteiger partial charge < -0.3 is 14.5 Å². The smallest absolute Gasteiger partial charge is 0.0926 e. The van der Waals surface area contributed by atoms with Crippen LogP contribution in [0.15, 0.2) is 151 Å². The van der Waals surface area contributed by atoms with Gasteiger partial charge in [-0.2, -0.15) is 0 Å². The Balaban J connectivity index is 1.31. The third-order valence-electron chi connectivity index (χ3n) is 8.50. The van der Waals surface area contributed by atoms with Crippen molar-refractivity contribution in [1.29, 1.82) is 0 Å². The molecule has 0 aliphatic heterocycles. The summed E-state index contributed by atoms with van der Waals surface area (Å²) in [4.78, 5) is 4.70. The highest BCUT2D eigenvalue weighted by Crippen LogP contribution is 2.39. The van der Waals surface area contributed by atoms with E-state index in [1.54, 1.807) is 0 Å². The average molecular weight is 555 g/mol. The van der Waals surface area contributed by atoms with Crippen LogP contribution in [0.5, 0.6) is 0 Å². The number of aromatic nitrogens is 2. The number of benzene rings is 6. The first-order valence-electron chi connectivity index (χ1n) is 14.7. The molecule has 6 aromatic carbocycles. The van der Waals surface area contributed by atoms with Gasteiger partial charge in [0.25, 0.3) is 0 Å². The zero-order valence-electron chi connectivity index (χ0n) is 23.9. The second kappa shape index (κ2) is 10.3. The molecule has 4 heteroatoms. The van der Waals surface area contributed by atoms with Gasteiger partial charge in [-0.3, -0.25) is 4.99 Å². The zero-order chi connectivity index (χ0) is 28.8. The topological polar surface area (TPSA) is 34.2 Å². The van der Waals surface area contributed by atoms with Crippen LogP contribution in [0, 0.1) is 0 Å². The SMILES string of the molecule is CN=C(c1ccccc1)c1ccccc1NCn1c2ccc3ccccc3c2c2c3ccn(-c4ccccc4)c3ccc21. The molecule has 206 valence electrons. The molecular weight excluding hydrogens is 524 g/mol. The Labute approximate surface area is 250 Å². The van der Waals surface area contributed by atoms with Gasteiger partial charge in [0.1, 0.15) is 0 Å². The molecule has 2 aromatic heterocycles. The maximum absolute atomic E-state index is 4.70. The Morgan fingerprint density at radius 3 is 2.07 bits per heavy atom. The maximum Gasteiger partial charge on any atom is 0.0926 e. The number of nitrogens with zero attached hydrogens (tertiary/aromatic N) is 3. The van der Waals surface area contributed by atoms with Gasteiger partial charge in [0.2, 0.25) is 0 Å². The van der Waals surface area contributed by atoms with Crippen molar-refractivity contribution in [2.75, 3.05) is 12.4 Å². The van der Waals surface area contributed by atoms with E-state index in [1.807, 2.05) is 13.1 Å². The molecule has 0 fully saturated rings. The predicted octanol–water partition coefficient (Wildman–Crippen LogP) is 9.43. The molecule has 4 nitrogen and oxygen atoms in total. The van der Waals surface area contributed by atoms with Crippen LogP contribution in [0.25, 0.3) is 49.2 Å². The van der Waals surface area contributed by atoms with Crippen molar-refractivity contribution < 1.29 is 0 Å². The second-order valence-corrected chi connectivity index (χ2v) is 10.8. The third-order valence-corrected chi connectivity index (χ3v) is 8.50. The summed E-state index contributed by atoms with van der Waals surface area (Å²) in [5.41, 5.74) is 9.01. The minimum atomic E-state index is 0.617. The standard InChI is InChI=1S/C39H30N4/c1-40-39(28-13-4-2-5-14-28)31-18-10-11-19-33(31)41-26-43-35-21-20-27-12-8-9-17-30(27)37(35)38-32-24-25-42(29-15-6-3-7-16-29)34(32)22-23-36(38)43/h2-25,41H,26H2,1H3. The summed E-state index contributed by atoms with van der Waals surface area (Å²) in [6.45, 7) is 0.617. The summed E-state index contributed by atoms with van der Waals surface area (Å²) in [7, 11) is 1.87. The Hall–Kier alpha value is -5.61. The van der Waals surface area contributed by atoms with Crippen LogP contribution in [0.3, 0.4) is 0 Å². The minimum Gasteiger partial charge on any atom is -0.367 e. The molecule has 0 aliphatic rings. The highest BCUT2D eigenvalue weighted by molar-refractivity contribution is 6.28. The first kappa shape index (κ1) is 25.1. The molecule has 0 bridgehead atoms. The van der Waals surface area contributed by atoms with Gasteiger partial charge in [-0.05, 0) is 53.2 Å². The van der Waals surface area contributed by atoms with Crippen LogP contribution >= 0.6 is 0 Å². The van der Waals surface area contributed by atoms with Crippen molar-refractivity contribution >= 4 is 54.9 Å². The Bertz CT molecular complexity index is 2290. The van der Waals surface area contributed by atoms with Crippen molar-refractivity contribution in [2.24, 2.45) is 4.99 Å². The van der Waals surface area contributed by atoms with Gasteiger partial charge in [-0.15, -0.1) is 0 Å². The van der Waals surface area contributed by atoms with Gasteiger partial charge in [-0.25, -0.2) is 0 Å². The van der Waals surface area contributed by atoms with E-state index in [2.05, 4.69) is 154 Å². The highest BCUT2D eigenvalue weighted by Gasteiger charge is 2.18. The molecule has 0 saturated heterocycles. The van der Waals surface area contributed by atoms with E-state index >= 15 is 0 Å². The fourth-order valence-corrected chi connectivity index (χ4v) is 6.56. The Morgan fingerprint density at radius 1 is 0.605 bits per heavy atom. The van der Waals surface area contributed by atoms with E-state index in [0.29, 0.717) is 6.67 Å². The molecule has 0 amide bonds. The monoisotopic (exact) mass is 554 g/mol. The first-order chi connectivity index (χ1) is 21.3. The molecule has 2 heterocycles. The lowest BCUT2D eigenvalue weighted by molar-refractivity contribution is 0.841. The van der Waals surface area contributed by atoms with E-state index in [0.717, 1.165) is 28.2 Å². The Morgan fingerprint density at radius 2 is 1.26 bits per heavy atom. The fourth-order valence-electron chi connectivity index (χ4n) is 6.56. The quantitative estimate of drug-likeness (QED) is 0.204. The van der Waals surface area contributed by atoms with E-state index < -0.39 is 0 Å². The van der Waals surface area contributed by atoms with Crippen LogP contribution in [-0.2, 0) is 6.67 Å². The van der Waals surface area contributed by atoms with Crippen molar-refractivity contribution in [1.82, 2.24) is 9.13 Å². The normalized spacial score (nSPS) is 12.1. The number of rotatable bonds is 6. The lowest BCUT2D eigenvalue weighted by Crippen LogP contribution is -2.12. The maximum atomic E-state index is 4.70. The van der Waals surface area contributed by atoms with Crippen molar-refractivity contribution in [2.45, 2.75) is 6.67 Å². The lowest BCUT2D eigenvalue weighted by Gasteiger charge is -2.16. The van der Waals surface area contributed by atoms with Gasteiger partial charge in [0.15, 0.2) is 0 Å². The van der Waals surface area contributed by atoms with Crippen molar-refractivity contribution in [3.63, 3.8) is 0 Å². The van der Waals surface area contributed by atoms with E-state index in [9.17, 15) is 0 Å². The average Bonchev–Trinajstić information content (AvgIpc) is 3.65. The van der Waals surface area contributed by atoms with Gasteiger partial charge in [0.05, 0.1) is 28.9 Å². The first-order valence-corrected chi connectivity index (χ1v) is 14.7. The summed E-state index contributed by atoms with van der Waals surface area (Å²) in [6.07, 6.45) is 2.19. The van der Waals surface area contributed by atoms with Gasteiger partial charge in [0, 0.05) is 51.9 Å². The summed E-state index contributed by atoms with van der Waals surface area (Å²) >= 11 is 0. The largest absolute Gasteiger partial charge is 0.367 e. The molecule has 1 N–H and O–H groups in total. The molecule has 8 rings (SSSR count). The van der Waals surface area contributed by atoms with Crippen LogP contribution in [0.1, 0.15) is 11.1 Å². The van der Waals surface area contributed by atoms with Crippen molar-refractivity contribution in [3.8, 4) is 5.69 Å². The molecule has 0 unspecified atom stereocenters. The molecule has 43 heavy (non-hydrogen) atoms.